The zero-order chi connectivity index (χ0) is 9.23. The molecule has 1 unspecified atom stereocenters. The van der Waals surface area contributed by atoms with Gasteiger partial charge in [0.1, 0.15) is 0 Å². The van der Waals surface area contributed by atoms with E-state index in [1.165, 1.54) is 44.9 Å². The molecule has 0 aliphatic rings. The van der Waals surface area contributed by atoms with Gasteiger partial charge in [-0.1, -0.05) is 32.6 Å². The first-order chi connectivity index (χ1) is 5.81. The van der Waals surface area contributed by atoms with Crippen LogP contribution in [0, 0.1) is 0 Å². The Kier molecular flexibility index (Phi) is 28.3. The molecule has 0 spiro atoms. The maximum atomic E-state index is 4.55. The first kappa shape index (κ1) is 21.9. The molecule has 1 atom stereocenters. The first-order valence-corrected chi connectivity index (χ1v) is 6.25. The summed E-state index contributed by atoms with van der Waals surface area (Å²) < 4.78 is 0. The molecule has 0 aliphatic carbocycles. The summed E-state index contributed by atoms with van der Waals surface area (Å²) in [5.41, 5.74) is 0. The normalized spacial score (nSPS) is 11.4. The van der Waals surface area contributed by atoms with Gasteiger partial charge in [-0.05, 0) is 25.0 Å². The molecular formula is C10H24Na2S2. The van der Waals surface area contributed by atoms with Crippen LogP contribution in [0.25, 0.3) is 0 Å². The molecule has 0 saturated heterocycles. The van der Waals surface area contributed by atoms with Gasteiger partial charge in [0.15, 0.2) is 0 Å². The summed E-state index contributed by atoms with van der Waals surface area (Å²) in [6, 6.07) is 0. The van der Waals surface area contributed by atoms with E-state index in [4.69, 9.17) is 0 Å². The van der Waals surface area contributed by atoms with Crippen LogP contribution in [0.15, 0.2) is 0 Å². The first-order valence-electron chi connectivity index (χ1n) is 5.10. The molecule has 0 radical (unpaired) electrons. The summed E-state index contributed by atoms with van der Waals surface area (Å²) in [5, 5.41) is 0.643. The monoisotopic (exact) mass is 254 g/mol. The van der Waals surface area contributed by atoms with Crippen LogP contribution < -0.4 is 0 Å². The number of hydrogen-bond donors (Lipinski definition) is 2. The zero-order valence-electron chi connectivity index (χ0n) is 8.13. The predicted octanol–water partition coefficient (Wildman–Crippen LogP) is 2.67. The molecule has 0 aromatic heterocycles. The van der Waals surface area contributed by atoms with Crippen LogP contribution in [0.5, 0.6) is 0 Å². The molecule has 14 heavy (non-hydrogen) atoms. The van der Waals surface area contributed by atoms with Crippen molar-refractivity contribution < 1.29 is 0 Å². The van der Waals surface area contributed by atoms with Crippen molar-refractivity contribution in [3.05, 3.63) is 0 Å². The molecule has 0 saturated carbocycles. The molecule has 0 rings (SSSR count). The average molecular weight is 254 g/mol. The minimum absolute atomic E-state index is 0. The SMILES string of the molecule is CCCCC(S)CCCCCS.[NaH].[NaH]. The summed E-state index contributed by atoms with van der Waals surface area (Å²) in [6.45, 7) is 2.24. The van der Waals surface area contributed by atoms with Crippen LogP contribution in [0.4, 0.5) is 0 Å². The number of thiol groups is 2. The summed E-state index contributed by atoms with van der Waals surface area (Å²) >= 11 is 8.73. The van der Waals surface area contributed by atoms with Gasteiger partial charge < -0.3 is 0 Å². The molecule has 78 valence electrons. The zero-order valence-corrected chi connectivity index (χ0v) is 9.92. The summed E-state index contributed by atoms with van der Waals surface area (Å²) in [7, 11) is 0. The van der Waals surface area contributed by atoms with Crippen LogP contribution >= 0.6 is 25.3 Å². The van der Waals surface area contributed by atoms with Gasteiger partial charge in [0.2, 0.25) is 0 Å². The molecule has 0 aromatic rings. The van der Waals surface area contributed by atoms with Crippen LogP contribution in [0.2, 0.25) is 0 Å². The van der Waals surface area contributed by atoms with E-state index >= 15 is 0 Å². The molecule has 0 aliphatic heterocycles. The van der Waals surface area contributed by atoms with E-state index in [1.54, 1.807) is 0 Å². The second kappa shape index (κ2) is 18.1. The predicted molar refractivity (Wildman–Crippen MR) is 78.9 cm³/mol. The van der Waals surface area contributed by atoms with Crippen molar-refractivity contribution >= 4 is 84.4 Å². The quantitative estimate of drug-likeness (QED) is 0.371. The second-order valence-corrected chi connectivity index (χ2v) is 4.55. The molecule has 0 amide bonds. The molecule has 0 fully saturated rings. The maximum absolute atomic E-state index is 4.55. The Bertz CT molecular complexity index is 92.2. The Hall–Kier alpha value is 2.70. The third-order valence-electron chi connectivity index (χ3n) is 2.09. The topological polar surface area (TPSA) is 0 Å². The number of unbranched alkanes of at least 4 members (excludes halogenated alkanes) is 3. The summed E-state index contributed by atoms with van der Waals surface area (Å²) in [5.74, 6) is 1.03. The molecule has 4 heteroatoms. The third-order valence-corrected chi connectivity index (χ3v) is 2.92. The third kappa shape index (κ3) is 17.1. The Morgan fingerprint density at radius 2 is 1.50 bits per heavy atom. The average Bonchev–Trinajstić information content (AvgIpc) is 2.09. The Labute approximate surface area is 145 Å². The molecular weight excluding hydrogens is 230 g/mol. The molecule has 0 aromatic carbocycles. The van der Waals surface area contributed by atoms with E-state index < -0.39 is 0 Å². The van der Waals surface area contributed by atoms with Crippen LogP contribution in [-0.2, 0) is 0 Å². The van der Waals surface area contributed by atoms with Crippen molar-refractivity contribution in [2.75, 3.05) is 5.75 Å². The van der Waals surface area contributed by atoms with E-state index in [0.29, 0.717) is 5.25 Å². The van der Waals surface area contributed by atoms with E-state index in [2.05, 4.69) is 32.2 Å². The summed E-state index contributed by atoms with van der Waals surface area (Å²) in [6.07, 6.45) is 9.13. The van der Waals surface area contributed by atoms with Gasteiger partial charge in [-0.15, -0.1) is 0 Å². The van der Waals surface area contributed by atoms with Gasteiger partial charge in [0, 0.05) is 5.25 Å². The van der Waals surface area contributed by atoms with Gasteiger partial charge in [0.05, 0.1) is 0 Å². The van der Waals surface area contributed by atoms with Crippen LogP contribution in [0.3, 0.4) is 0 Å². The fraction of sp³-hybridized carbons (Fsp3) is 1.00. The standard InChI is InChI=1S/C10H22S2.2Na.2H/c1-2-3-7-10(12)8-5-4-6-9-11;;;;/h10-12H,2-9H2,1H3;;;;. The number of rotatable bonds is 8. The van der Waals surface area contributed by atoms with Gasteiger partial charge in [-0.3, -0.25) is 0 Å². The van der Waals surface area contributed by atoms with Crippen LogP contribution in [0.1, 0.15) is 51.9 Å². The van der Waals surface area contributed by atoms with E-state index in [-0.39, 0.29) is 59.1 Å². The van der Waals surface area contributed by atoms with Crippen LogP contribution in [-0.4, -0.2) is 70.1 Å². The number of hydrogen-bond acceptors (Lipinski definition) is 2. The minimum atomic E-state index is 0. The van der Waals surface area contributed by atoms with Crippen molar-refractivity contribution in [2.45, 2.75) is 57.1 Å². The van der Waals surface area contributed by atoms with E-state index in [9.17, 15) is 0 Å². The summed E-state index contributed by atoms with van der Waals surface area (Å²) in [4.78, 5) is 0. The second-order valence-electron chi connectivity index (χ2n) is 3.37. The van der Waals surface area contributed by atoms with Gasteiger partial charge in [-0.25, -0.2) is 0 Å². The molecule has 0 nitrogen and oxygen atoms in total. The van der Waals surface area contributed by atoms with Crippen molar-refractivity contribution in [3.8, 4) is 0 Å². The Balaban J connectivity index is -0.000000605. The molecule has 0 heterocycles. The fourth-order valence-electron chi connectivity index (χ4n) is 1.25. The van der Waals surface area contributed by atoms with Crippen molar-refractivity contribution in [2.24, 2.45) is 0 Å². The van der Waals surface area contributed by atoms with Crippen molar-refractivity contribution in [1.82, 2.24) is 0 Å². The van der Waals surface area contributed by atoms with Gasteiger partial charge in [0.25, 0.3) is 0 Å². The van der Waals surface area contributed by atoms with Crippen molar-refractivity contribution in [3.63, 3.8) is 0 Å². The Morgan fingerprint density at radius 1 is 0.929 bits per heavy atom. The fourth-order valence-corrected chi connectivity index (χ4v) is 1.84. The van der Waals surface area contributed by atoms with E-state index in [1.807, 2.05) is 0 Å². The van der Waals surface area contributed by atoms with E-state index in [0.717, 1.165) is 5.75 Å². The van der Waals surface area contributed by atoms with Gasteiger partial charge >= 0.3 is 59.1 Å². The molecule has 0 bridgehead atoms. The van der Waals surface area contributed by atoms with Gasteiger partial charge in [-0.2, -0.15) is 25.3 Å². The van der Waals surface area contributed by atoms with Crippen molar-refractivity contribution in [1.29, 1.82) is 0 Å². The Morgan fingerprint density at radius 3 is 2.00 bits per heavy atom. The molecule has 0 N–H and O–H groups in total.